The summed E-state index contributed by atoms with van der Waals surface area (Å²) in [7, 11) is 0. The van der Waals surface area contributed by atoms with Crippen LogP contribution in [0.3, 0.4) is 0 Å². The van der Waals surface area contributed by atoms with Crippen molar-refractivity contribution >= 4 is 11.3 Å². The summed E-state index contributed by atoms with van der Waals surface area (Å²) in [5.41, 5.74) is 1.12. The van der Waals surface area contributed by atoms with Crippen molar-refractivity contribution in [2.24, 2.45) is 0 Å². The number of nitrogens with one attached hydrogen (secondary N) is 1. The second kappa shape index (κ2) is 6.47. The Balaban J connectivity index is 1.61. The summed E-state index contributed by atoms with van der Waals surface area (Å²) < 4.78 is 5.61. The van der Waals surface area contributed by atoms with Gasteiger partial charge in [-0.15, -0.1) is 11.3 Å². The van der Waals surface area contributed by atoms with E-state index in [1.807, 2.05) is 6.92 Å². The number of hydrogen-bond acceptors (Lipinski definition) is 4. The Morgan fingerprint density at radius 1 is 1.65 bits per heavy atom. The fourth-order valence-electron chi connectivity index (χ4n) is 2.18. The van der Waals surface area contributed by atoms with Crippen LogP contribution in [-0.2, 0) is 4.74 Å². The monoisotopic (exact) mass is 254 g/mol. The summed E-state index contributed by atoms with van der Waals surface area (Å²) in [6, 6.07) is 0.373. The Labute approximate surface area is 108 Å². The van der Waals surface area contributed by atoms with Gasteiger partial charge >= 0.3 is 0 Å². The minimum Gasteiger partial charge on any atom is -0.378 e. The molecule has 2 atom stereocenters. The van der Waals surface area contributed by atoms with Crippen LogP contribution in [0.1, 0.15) is 49.4 Å². The van der Waals surface area contributed by atoms with E-state index in [2.05, 4.69) is 22.6 Å². The molecule has 2 heterocycles. The van der Waals surface area contributed by atoms with Gasteiger partial charge in [0.05, 0.1) is 12.1 Å². The first-order valence-corrected chi connectivity index (χ1v) is 7.40. The van der Waals surface area contributed by atoms with E-state index in [-0.39, 0.29) is 0 Å². The number of rotatable bonds is 6. The van der Waals surface area contributed by atoms with Crippen molar-refractivity contribution in [3.05, 3.63) is 16.1 Å². The van der Waals surface area contributed by atoms with Gasteiger partial charge in [0, 0.05) is 17.7 Å². The quantitative estimate of drug-likeness (QED) is 0.792. The lowest BCUT2D eigenvalue weighted by Gasteiger charge is -2.12. The third-order valence-corrected chi connectivity index (χ3v) is 4.33. The largest absolute Gasteiger partial charge is 0.378 e. The molecule has 0 aromatic carbocycles. The molecule has 1 saturated heterocycles. The Morgan fingerprint density at radius 2 is 2.53 bits per heavy atom. The van der Waals surface area contributed by atoms with E-state index in [0.717, 1.165) is 18.8 Å². The average molecular weight is 254 g/mol. The van der Waals surface area contributed by atoms with E-state index in [1.165, 1.54) is 30.7 Å². The highest BCUT2D eigenvalue weighted by atomic mass is 32.1. The lowest BCUT2D eigenvalue weighted by atomic mass is 10.1. The second-order valence-electron chi connectivity index (χ2n) is 4.78. The minimum absolute atomic E-state index is 0.373. The van der Waals surface area contributed by atoms with Crippen LogP contribution in [0.2, 0.25) is 0 Å². The molecule has 2 unspecified atom stereocenters. The van der Waals surface area contributed by atoms with Gasteiger partial charge in [-0.2, -0.15) is 0 Å². The molecule has 0 radical (unpaired) electrons. The molecule has 4 heteroatoms. The maximum Gasteiger partial charge on any atom is 0.110 e. The average Bonchev–Trinajstić information content (AvgIpc) is 2.95. The number of aryl methyl sites for hydroxylation is 1. The molecule has 3 nitrogen and oxygen atoms in total. The van der Waals surface area contributed by atoms with Gasteiger partial charge in [0.15, 0.2) is 0 Å². The number of hydrogen-bond donors (Lipinski definition) is 1. The normalized spacial score (nSPS) is 21.9. The van der Waals surface area contributed by atoms with Crippen LogP contribution in [0, 0.1) is 6.92 Å². The van der Waals surface area contributed by atoms with Crippen LogP contribution in [0.15, 0.2) is 5.38 Å². The van der Waals surface area contributed by atoms with E-state index >= 15 is 0 Å². The van der Waals surface area contributed by atoms with Gasteiger partial charge in [0.1, 0.15) is 5.01 Å². The molecule has 0 amide bonds. The first-order chi connectivity index (χ1) is 8.25. The van der Waals surface area contributed by atoms with E-state index in [4.69, 9.17) is 4.74 Å². The van der Waals surface area contributed by atoms with Crippen LogP contribution in [0.25, 0.3) is 0 Å². The van der Waals surface area contributed by atoms with Gasteiger partial charge in [-0.25, -0.2) is 4.98 Å². The van der Waals surface area contributed by atoms with Crippen molar-refractivity contribution in [2.75, 3.05) is 13.2 Å². The fraction of sp³-hybridized carbons (Fsp3) is 0.769. The van der Waals surface area contributed by atoms with E-state index in [9.17, 15) is 0 Å². The Morgan fingerprint density at radius 3 is 3.18 bits per heavy atom. The maximum atomic E-state index is 5.61. The molecule has 1 N–H and O–H groups in total. The lowest BCUT2D eigenvalue weighted by Crippen LogP contribution is -2.21. The number of ether oxygens (including phenoxy) is 1. The highest BCUT2D eigenvalue weighted by Gasteiger charge is 2.15. The molecular formula is C13H22N2OS. The zero-order valence-corrected chi connectivity index (χ0v) is 11.6. The standard InChI is InChI=1S/C13H22N2OS/c1-10-9-17-13(15-10)11(2)14-7-3-5-12-6-4-8-16-12/h9,11-12,14H,3-8H2,1-2H3. The van der Waals surface area contributed by atoms with E-state index in [0.29, 0.717) is 12.1 Å². The van der Waals surface area contributed by atoms with Crippen LogP contribution >= 0.6 is 11.3 Å². The summed E-state index contributed by atoms with van der Waals surface area (Å²) in [6.45, 7) is 6.25. The van der Waals surface area contributed by atoms with Crippen molar-refractivity contribution in [3.8, 4) is 0 Å². The van der Waals surface area contributed by atoms with Gasteiger partial charge in [0.25, 0.3) is 0 Å². The van der Waals surface area contributed by atoms with Crippen LogP contribution < -0.4 is 5.32 Å². The molecule has 1 fully saturated rings. The molecule has 1 aromatic rings. The van der Waals surface area contributed by atoms with Gasteiger partial charge in [-0.3, -0.25) is 0 Å². The summed E-state index contributed by atoms with van der Waals surface area (Å²) >= 11 is 1.74. The number of thiazole rings is 1. The molecule has 0 bridgehead atoms. The van der Waals surface area contributed by atoms with Gasteiger partial charge < -0.3 is 10.1 Å². The molecule has 17 heavy (non-hydrogen) atoms. The maximum absolute atomic E-state index is 5.61. The minimum atomic E-state index is 0.373. The molecule has 0 spiro atoms. The zero-order valence-electron chi connectivity index (χ0n) is 10.7. The van der Waals surface area contributed by atoms with E-state index in [1.54, 1.807) is 11.3 Å². The van der Waals surface area contributed by atoms with Crippen molar-refractivity contribution in [1.29, 1.82) is 0 Å². The van der Waals surface area contributed by atoms with Crippen molar-refractivity contribution in [2.45, 2.75) is 51.7 Å². The van der Waals surface area contributed by atoms with Crippen LogP contribution in [-0.4, -0.2) is 24.2 Å². The third kappa shape index (κ3) is 4.05. The Hall–Kier alpha value is -0.450. The number of aromatic nitrogens is 1. The Kier molecular flexibility index (Phi) is 4.95. The van der Waals surface area contributed by atoms with Gasteiger partial charge in [-0.05, 0) is 46.1 Å². The smallest absolute Gasteiger partial charge is 0.110 e. The van der Waals surface area contributed by atoms with Crippen molar-refractivity contribution < 1.29 is 4.74 Å². The lowest BCUT2D eigenvalue weighted by molar-refractivity contribution is 0.102. The molecule has 96 valence electrons. The summed E-state index contributed by atoms with van der Waals surface area (Å²) in [5, 5.41) is 6.83. The van der Waals surface area contributed by atoms with E-state index < -0.39 is 0 Å². The molecule has 0 aliphatic carbocycles. The number of nitrogens with zero attached hydrogens (tertiary/aromatic N) is 1. The third-order valence-electron chi connectivity index (χ3n) is 3.18. The van der Waals surface area contributed by atoms with Crippen molar-refractivity contribution in [3.63, 3.8) is 0 Å². The highest BCUT2D eigenvalue weighted by Crippen LogP contribution is 2.18. The Bertz CT molecular complexity index is 334. The van der Waals surface area contributed by atoms with Gasteiger partial charge in [-0.1, -0.05) is 0 Å². The second-order valence-corrected chi connectivity index (χ2v) is 5.67. The molecule has 1 aromatic heterocycles. The van der Waals surface area contributed by atoms with Crippen LogP contribution in [0.4, 0.5) is 0 Å². The fourth-order valence-corrected chi connectivity index (χ4v) is 3.01. The van der Waals surface area contributed by atoms with Crippen molar-refractivity contribution in [1.82, 2.24) is 10.3 Å². The van der Waals surface area contributed by atoms with Crippen LogP contribution in [0.5, 0.6) is 0 Å². The summed E-state index contributed by atoms with van der Waals surface area (Å²) in [4.78, 5) is 4.50. The predicted molar refractivity (Wildman–Crippen MR) is 71.5 cm³/mol. The SMILES string of the molecule is Cc1csc(C(C)NCCCC2CCCO2)n1. The first-order valence-electron chi connectivity index (χ1n) is 6.52. The highest BCUT2D eigenvalue weighted by molar-refractivity contribution is 7.09. The summed E-state index contributed by atoms with van der Waals surface area (Å²) in [5.74, 6) is 0. The molecule has 1 aliphatic rings. The topological polar surface area (TPSA) is 34.1 Å². The first kappa shape index (κ1) is 13.0. The molecule has 1 aliphatic heterocycles. The molecule has 2 rings (SSSR count). The molecule has 0 saturated carbocycles. The van der Waals surface area contributed by atoms with Gasteiger partial charge in [0.2, 0.25) is 0 Å². The zero-order chi connectivity index (χ0) is 12.1. The molecular weight excluding hydrogens is 232 g/mol. The summed E-state index contributed by atoms with van der Waals surface area (Å²) in [6.07, 6.45) is 5.40. The predicted octanol–water partition coefficient (Wildman–Crippen LogP) is 3.06.